The largest absolute Gasteiger partial charge is 0.224 e. The second-order valence-corrected chi connectivity index (χ2v) is 7.96. The summed E-state index contributed by atoms with van der Waals surface area (Å²) >= 11 is 1.34. The van der Waals surface area contributed by atoms with Crippen LogP contribution in [0.1, 0.15) is 0 Å². The average Bonchev–Trinajstić information content (AvgIpc) is 3.05. The molecule has 0 saturated heterocycles. The van der Waals surface area contributed by atoms with Gasteiger partial charge in [-0.2, -0.15) is 0 Å². The smallest absolute Gasteiger partial charge is 0.208 e. The molecule has 0 amide bonds. The molecule has 23 heavy (non-hydrogen) atoms. The number of thioether (sulfide) groups is 1. The van der Waals surface area contributed by atoms with Gasteiger partial charge in [-0.25, -0.2) is 18.1 Å². The molecule has 118 valence electrons. The summed E-state index contributed by atoms with van der Waals surface area (Å²) in [6, 6.07) is 18.1. The number of benzene rings is 2. The van der Waals surface area contributed by atoms with E-state index in [1.54, 1.807) is 41.3 Å². The third-order valence-corrected chi connectivity index (χ3v) is 6.02. The Bertz CT molecular complexity index is 863. The molecule has 0 aliphatic rings. The van der Waals surface area contributed by atoms with E-state index in [0.29, 0.717) is 15.8 Å². The van der Waals surface area contributed by atoms with Gasteiger partial charge in [0.15, 0.2) is 9.84 Å². The topological polar surface area (TPSA) is 64.8 Å². The zero-order chi connectivity index (χ0) is 16.1. The number of hydrogen-bond acceptors (Lipinski definition) is 5. The Morgan fingerprint density at radius 3 is 2.30 bits per heavy atom. The standard InChI is InChI=1S/C16H15N3O2S2/c20-23(21,15-9-5-2-6-10-15)12-11-22-16-17-13-19(18-16)14-7-3-1-4-8-14/h1-10,13H,11-12H2. The van der Waals surface area contributed by atoms with E-state index in [4.69, 9.17) is 0 Å². The van der Waals surface area contributed by atoms with E-state index in [1.165, 1.54) is 11.8 Å². The van der Waals surface area contributed by atoms with Crippen LogP contribution in [0.3, 0.4) is 0 Å². The number of para-hydroxylation sites is 1. The highest BCUT2D eigenvalue weighted by molar-refractivity contribution is 8.00. The minimum Gasteiger partial charge on any atom is -0.224 e. The van der Waals surface area contributed by atoms with Gasteiger partial charge in [0, 0.05) is 5.75 Å². The fourth-order valence-electron chi connectivity index (χ4n) is 2.01. The first-order chi connectivity index (χ1) is 11.1. The molecule has 0 saturated carbocycles. The fourth-order valence-corrected chi connectivity index (χ4v) is 4.48. The van der Waals surface area contributed by atoms with Gasteiger partial charge in [-0.15, -0.1) is 5.10 Å². The maximum absolute atomic E-state index is 12.2. The number of hydrogen-bond donors (Lipinski definition) is 0. The summed E-state index contributed by atoms with van der Waals surface area (Å²) in [6.07, 6.45) is 1.63. The molecule has 7 heteroatoms. The summed E-state index contributed by atoms with van der Waals surface area (Å²) in [4.78, 5) is 4.56. The minimum absolute atomic E-state index is 0.0571. The first-order valence-corrected chi connectivity index (χ1v) is 9.67. The van der Waals surface area contributed by atoms with Crippen LogP contribution in [0.25, 0.3) is 5.69 Å². The van der Waals surface area contributed by atoms with Crippen molar-refractivity contribution in [2.75, 3.05) is 11.5 Å². The summed E-state index contributed by atoms with van der Waals surface area (Å²) in [5.41, 5.74) is 0.920. The zero-order valence-electron chi connectivity index (χ0n) is 12.2. The van der Waals surface area contributed by atoms with Crippen LogP contribution in [0, 0.1) is 0 Å². The van der Waals surface area contributed by atoms with Crippen molar-refractivity contribution in [2.45, 2.75) is 10.1 Å². The zero-order valence-corrected chi connectivity index (χ0v) is 13.9. The summed E-state index contributed by atoms with van der Waals surface area (Å²) < 4.78 is 26.1. The Labute approximate surface area is 139 Å². The summed E-state index contributed by atoms with van der Waals surface area (Å²) in [5.74, 6) is 0.470. The highest BCUT2D eigenvalue weighted by Crippen LogP contribution is 2.17. The Morgan fingerprint density at radius 1 is 0.957 bits per heavy atom. The Kier molecular flexibility index (Phi) is 4.78. The van der Waals surface area contributed by atoms with Gasteiger partial charge in [-0.05, 0) is 24.3 Å². The third-order valence-electron chi connectivity index (χ3n) is 3.18. The fraction of sp³-hybridized carbons (Fsp3) is 0.125. The summed E-state index contributed by atoms with van der Waals surface area (Å²) in [5, 5.41) is 4.91. The number of sulfone groups is 1. The van der Waals surface area contributed by atoms with Crippen LogP contribution >= 0.6 is 11.8 Å². The molecule has 0 atom stereocenters. The first-order valence-electron chi connectivity index (χ1n) is 7.03. The summed E-state index contributed by atoms with van der Waals surface area (Å²) in [6.45, 7) is 0. The maximum atomic E-state index is 12.2. The van der Waals surface area contributed by atoms with E-state index in [9.17, 15) is 8.42 Å². The lowest BCUT2D eigenvalue weighted by molar-refractivity contribution is 0.597. The van der Waals surface area contributed by atoms with Crippen LogP contribution in [0.2, 0.25) is 0 Å². The lowest BCUT2D eigenvalue weighted by atomic mass is 10.3. The quantitative estimate of drug-likeness (QED) is 0.643. The van der Waals surface area contributed by atoms with E-state index in [0.717, 1.165) is 5.69 Å². The van der Waals surface area contributed by atoms with Crippen LogP contribution < -0.4 is 0 Å². The molecule has 1 heterocycles. The molecule has 0 aliphatic heterocycles. The molecule has 5 nitrogen and oxygen atoms in total. The Morgan fingerprint density at radius 2 is 1.61 bits per heavy atom. The van der Waals surface area contributed by atoms with Crippen LogP contribution in [0.5, 0.6) is 0 Å². The Hall–Kier alpha value is -2.12. The van der Waals surface area contributed by atoms with Crippen molar-refractivity contribution in [3.05, 3.63) is 67.0 Å². The van der Waals surface area contributed by atoms with Gasteiger partial charge in [-0.1, -0.05) is 48.2 Å². The van der Waals surface area contributed by atoms with Crippen molar-refractivity contribution in [1.29, 1.82) is 0 Å². The predicted octanol–water partition coefficient (Wildman–Crippen LogP) is 2.83. The highest BCUT2D eigenvalue weighted by Gasteiger charge is 2.14. The van der Waals surface area contributed by atoms with Gasteiger partial charge in [0.25, 0.3) is 0 Å². The van der Waals surface area contributed by atoms with Crippen LogP contribution in [-0.4, -0.2) is 34.7 Å². The third kappa shape index (κ3) is 4.00. The molecule has 0 radical (unpaired) electrons. The van der Waals surface area contributed by atoms with Crippen LogP contribution in [0.4, 0.5) is 0 Å². The molecule has 0 bridgehead atoms. The van der Waals surface area contributed by atoms with Crippen molar-refractivity contribution in [2.24, 2.45) is 0 Å². The van der Waals surface area contributed by atoms with Crippen molar-refractivity contribution < 1.29 is 8.42 Å². The van der Waals surface area contributed by atoms with Crippen molar-refractivity contribution in [3.8, 4) is 5.69 Å². The second-order valence-electron chi connectivity index (χ2n) is 4.79. The molecule has 0 N–H and O–H groups in total. The number of rotatable bonds is 6. The van der Waals surface area contributed by atoms with E-state index in [-0.39, 0.29) is 5.75 Å². The molecule has 3 rings (SSSR count). The minimum atomic E-state index is -3.26. The molecule has 0 fully saturated rings. The lowest BCUT2D eigenvalue weighted by Crippen LogP contribution is -2.08. The number of aromatic nitrogens is 3. The van der Waals surface area contributed by atoms with Gasteiger partial charge in [0.1, 0.15) is 6.33 Å². The van der Waals surface area contributed by atoms with E-state index in [1.807, 2.05) is 30.3 Å². The van der Waals surface area contributed by atoms with Gasteiger partial charge in [0.2, 0.25) is 5.16 Å². The van der Waals surface area contributed by atoms with Gasteiger partial charge in [-0.3, -0.25) is 0 Å². The van der Waals surface area contributed by atoms with Gasteiger partial charge < -0.3 is 0 Å². The average molecular weight is 345 g/mol. The molecule has 2 aromatic carbocycles. The predicted molar refractivity (Wildman–Crippen MR) is 90.6 cm³/mol. The van der Waals surface area contributed by atoms with E-state index >= 15 is 0 Å². The Balaban J connectivity index is 1.61. The molecule has 0 unspecified atom stereocenters. The monoisotopic (exact) mass is 345 g/mol. The molecular formula is C16H15N3O2S2. The molecule has 0 spiro atoms. The summed E-state index contributed by atoms with van der Waals surface area (Å²) in [7, 11) is -3.26. The SMILES string of the molecule is O=S(=O)(CCSc1ncn(-c2ccccc2)n1)c1ccccc1. The normalized spacial score (nSPS) is 11.5. The number of nitrogens with zero attached hydrogens (tertiary/aromatic N) is 3. The van der Waals surface area contributed by atoms with Crippen LogP contribution in [0.15, 0.2) is 77.0 Å². The highest BCUT2D eigenvalue weighted by atomic mass is 32.2. The van der Waals surface area contributed by atoms with E-state index < -0.39 is 9.84 Å². The molecule has 1 aromatic heterocycles. The van der Waals surface area contributed by atoms with E-state index in [2.05, 4.69) is 10.1 Å². The molecule has 3 aromatic rings. The van der Waals surface area contributed by atoms with Crippen LogP contribution in [-0.2, 0) is 9.84 Å². The molecular weight excluding hydrogens is 330 g/mol. The second kappa shape index (κ2) is 6.97. The lowest BCUT2D eigenvalue weighted by Gasteiger charge is -2.02. The van der Waals surface area contributed by atoms with Crippen molar-refractivity contribution >= 4 is 21.6 Å². The van der Waals surface area contributed by atoms with Crippen molar-refractivity contribution in [3.63, 3.8) is 0 Å². The van der Waals surface area contributed by atoms with Gasteiger partial charge in [0.05, 0.1) is 16.3 Å². The first kappa shape index (κ1) is 15.8. The maximum Gasteiger partial charge on any atom is 0.208 e. The van der Waals surface area contributed by atoms with Gasteiger partial charge >= 0.3 is 0 Å². The van der Waals surface area contributed by atoms with Crippen molar-refractivity contribution in [1.82, 2.24) is 14.8 Å². The molecule has 0 aliphatic carbocycles.